The smallest absolute Gasteiger partial charge is 0.126 e. The van der Waals surface area contributed by atoms with Crippen molar-refractivity contribution in [3.05, 3.63) is 35.6 Å². The van der Waals surface area contributed by atoms with E-state index in [0.717, 1.165) is 31.4 Å². The summed E-state index contributed by atoms with van der Waals surface area (Å²) in [6, 6.07) is 7.25. The average Bonchev–Trinajstić information content (AvgIpc) is 2.28. The second-order valence-corrected chi connectivity index (χ2v) is 4.06. The number of aliphatic hydroxyl groups is 1. The molecule has 2 N–H and O–H groups in total. The number of nitrogens with one attached hydrogen (secondary N) is 1. The van der Waals surface area contributed by atoms with Crippen LogP contribution in [-0.4, -0.2) is 24.3 Å². The van der Waals surface area contributed by atoms with Crippen molar-refractivity contribution in [2.75, 3.05) is 13.2 Å². The Morgan fingerprint density at radius 3 is 2.81 bits per heavy atom. The van der Waals surface area contributed by atoms with Gasteiger partial charge in [0, 0.05) is 12.6 Å². The van der Waals surface area contributed by atoms with Crippen molar-refractivity contribution in [1.29, 1.82) is 0 Å². The molecule has 0 aliphatic heterocycles. The number of halogens is 1. The van der Waals surface area contributed by atoms with E-state index in [4.69, 9.17) is 5.11 Å². The summed E-state index contributed by atoms with van der Waals surface area (Å²) in [6.45, 7) is 3.11. The molecule has 1 aromatic carbocycles. The molecule has 0 aliphatic rings. The minimum absolute atomic E-state index is 0.120. The first-order valence-corrected chi connectivity index (χ1v) is 5.81. The molecule has 1 aromatic rings. The van der Waals surface area contributed by atoms with Crippen LogP contribution in [0.4, 0.5) is 4.39 Å². The van der Waals surface area contributed by atoms with Gasteiger partial charge in [-0.15, -0.1) is 0 Å². The summed E-state index contributed by atoms with van der Waals surface area (Å²) in [5, 5.41) is 11.9. The second-order valence-electron chi connectivity index (χ2n) is 4.06. The fourth-order valence-corrected chi connectivity index (χ4v) is 1.60. The zero-order valence-corrected chi connectivity index (χ0v) is 9.75. The maximum Gasteiger partial charge on any atom is 0.126 e. The van der Waals surface area contributed by atoms with Crippen LogP contribution >= 0.6 is 0 Å². The quantitative estimate of drug-likeness (QED) is 0.697. The molecule has 3 heteroatoms. The number of aliphatic hydroxyl groups excluding tert-OH is 1. The Kier molecular flexibility index (Phi) is 6.04. The van der Waals surface area contributed by atoms with E-state index in [9.17, 15) is 4.39 Å². The van der Waals surface area contributed by atoms with Crippen LogP contribution in [0.2, 0.25) is 0 Å². The van der Waals surface area contributed by atoms with E-state index in [-0.39, 0.29) is 12.4 Å². The Morgan fingerprint density at radius 2 is 2.12 bits per heavy atom. The predicted octanol–water partition coefficient (Wildman–Crippen LogP) is 2.12. The molecule has 0 spiro atoms. The van der Waals surface area contributed by atoms with Gasteiger partial charge in [0.15, 0.2) is 0 Å². The SMILES string of the molecule is CC(CCc1ccccc1F)NCCCO. The van der Waals surface area contributed by atoms with Crippen LogP contribution in [0, 0.1) is 5.82 Å². The Bertz CT molecular complexity index is 304. The molecule has 90 valence electrons. The highest BCUT2D eigenvalue weighted by molar-refractivity contribution is 5.17. The normalized spacial score (nSPS) is 12.7. The third kappa shape index (κ3) is 4.73. The zero-order valence-electron chi connectivity index (χ0n) is 9.75. The van der Waals surface area contributed by atoms with E-state index in [0.29, 0.717) is 6.04 Å². The molecule has 0 saturated carbocycles. The molecule has 0 heterocycles. The van der Waals surface area contributed by atoms with Crippen molar-refractivity contribution in [2.45, 2.75) is 32.2 Å². The summed E-state index contributed by atoms with van der Waals surface area (Å²) in [6.07, 6.45) is 2.43. The van der Waals surface area contributed by atoms with E-state index in [2.05, 4.69) is 12.2 Å². The topological polar surface area (TPSA) is 32.3 Å². The first-order chi connectivity index (χ1) is 7.74. The van der Waals surface area contributed by atoms with Gasteiger partial charge in [-0.25, -0.2) is 4.39 Å². The van der Waals surface area contributed by atoms with Crippen LogP contribution in [0.3, 0.4) is 0 Å². The zero-order chi connectivity index (χ0) is 11.8. The number of hydrogen-bond acceptors (Lipinski definition) is 2. The molecule has 0 saturated heterocycles. The van der Waals surface area contributed by atoms with Crippen molar-refractivity contribution in [1.82, 2.24) is 5.32 Å². The van der Waals surface area contributed by atoms with Crippen molar-refractivity contribution < 1.29 is 9.50 Å². The van der Waals surface area contributed by atoms with Crippen LogP contribution in [0.25, 0.3) is 0 Å². The van der Waals surface area contributed by atoms with E-state index in [1.54, 1.807) is 6.07 Å². The highest BCUT2D eigenvalue weighted by Gasteiger charge is 2.04. The molecule has 0 bridgehead atoms. The van der Waals surface area contributed by atoms with Gasteiger partial charge in [-0.05, 0) is 44.4 Å². The lowest BCUT2D eigenvalue weighted by Gasteiger charge is -2.13. The third-order valence-corrected chi connectivity index (χ3v) is 2.63. The van der Waals surface area contributed by atoms with Gasteiger partial charge in [0.2, 0.25) is 0 Å². The summed E-state index contributed by atoms with van der Waals surface area (Å²) in [5.41, 5.74) is 0.776. The molecule has 2 nitrogen and oxygen atoms in total. The Hall–Kier alpha value is -0.930. The number of aryl methyl sites for hydroxylation is 1. The lowest BCUT2D eigenvalue weighted by molar-refractivity contribution is 0.283. The fraction of sp³-hybridized carbons (Fsp3) is 0.538. The Labute approximate surface area is 96.5 Å². The molecule has 0 aromatic heterocycles. The fourth-order valence-electron chi connectivity index (χ4n) is 1.60. The van der Waals surface area contributed by atoms with Crippen LogP contribution in [0.5, 0.6) is 0 Å². The third-order valence-electron chi connectivity index (χ3n) is 2.63. The molecule has 0 radical (unpaired) electrons. The van der Waals surface area contributed by atoms with Gasteiger partial charge in [0.1, 0.15) is 5.82 Å². The predicted molar refractivity (Wildman–Crippen MR) is 63.9 cm³/mol. The van der Waals surface area contributed by atoms with Crippen LogP contribution in [0.1, 0.15) is 25.3 Å². The molecule has 0 aliphatic carbocycles. The summed E-state index contributed by atoms with van der Waals surface area (Å²) in [4.78, 5) is 0. The summed E-state index contributed by atoms with van der Waals surface area (Å²) >= 11 is 0. The van der Waals surface area contributed by atoms with E-state index in [1.165, 1.54) is 6.07 Å². The summed E-state index contributed by atoms with van der Waals surface area (Å²) in [5.74, 6) is -0.120. The van der Waals surface area contributed by atoms with Gasteiger partial charge in [-0.3, -0.25) is 0 Å². The van der Waals surface area contributed by atoms with Crippen molar-refractivity contribution in [3.8, 4) is 0 Å². The molecular weight excluding hydrogens is 205 g/mol. The standard InChI is InChI=1S/C13H20FNO/c1-11(15-9-4-10-16)7-8-12-5-2-3-6-13(12)14/h2-3,5-6,11,15-16H,4,7-10H2,1H3. The van der Waals surface area contributed by atoms with Crippen LogP contribution in [-0.2, 0) is 6.42 Å². The Morgan fingerprint density at radius 1 is 1.38 bits per heavy atom. The summed E-state index contributed by atoms with van der Waals surface area (Å²) in [7, 11) is 0. The highest BCUT2D eigenvalue weighted by atomic mass is 19.1. The van der Waals surface area contributed by atoms with Gasteiger partial charge in [-0.2, -0.15) is 0 Å². The maximum atomic E-state index is 13.3. The first kappa shape index (κ1) is 13.1. The van der Waals surface area contributed by atoms with E-state index >= 15 is 0 Å². The molecule has 0 amide bonds. The molecule has 1 atom stereocenters. The van der Waals surface area contributed by atoms with Crippen LogP contribution < -0.4 is 5.32 Å². The van der Waals surface area contributed by atoms with E-state index in [1.807, 2.05) is 12.1 Å². The number of rotatable bonds is 7. The lowest BCUT2D eigenvalue weighted by Crippen LogP contribution is -2.28. The van der Waals surface area contributed by atoms with Gasteiger partial charge in [0.05, 0.1) is 0 Å². The van der Waals surface area contributed by atoms with Gasteiger partial charge < -0.3 is 10.4 Å². The molecular formula is C13H20FNO. The van der Waals surface area contributed by atoms with Gasteiger partial charge in [0.25, 0.3) is 0 Å². The maximum absolute atomic E-state index is 13.3. The highest BCUT2D eigenvalue weighted by Crippen LogP contribution is 2.09. The summed E-state index contributed by atoms with van der Waals surface area (Å²) < 4.78 is 13.3. The number of hydrogen-bond donors (Lipinski definition) is 2. The van der Waals surface area contributed by atoms with Crippen molar-refractivity contribution >= 4 is 0 Å². The largest absolute Gasteiger partial charge is 0.396 e. The monoisotopic (exact) mass is 225 g/mol. The Balaban J connectivity index is 2.26. The van der Waals surface area contributed by atoms with E-state index < -0.39 is 0 Å². The number of benzene rings is 1. The minimum atomic E-state index is -0.120. The van der Waals surface area contributed by atoms with Crippen molar-refractivity contribution in [3.63, 3.8) is 0 Å². The molecule has 0 fully saturated rings. The first-order valence-electron chi connectivity index (χ1n) is 5.81. The molecule has 1 unspecified atom stereocenters. The van der Waals surface area contributed by atoms with Gasteiger partial charge in [-0.1, -0.05) is 18.2 Å². The van der Waals surface area contributed by atoms with Gasteiger partial charge >= 0.3 is 0 Å². The lowest BCUT2D eigenvalue weighted by atomic mass is 10.1. The second kappa shape index (κ2) is 7.36. The minimum Gasteiger partial charge on any atom is -0.396 e. The van der Waals surface area contributed by atoms with Crippen LogP contribution in [0.15, 0.2) is 24.3 Å². The molecule has 1 rings (SSSR count). The average molecular weight is 225 g/mol. The molecule has 16 heavy (non-hydrogen) atoms. The van der Waals surface area contributed by atoms with Crippen molar-refractivity contribution in [2.24, 2.45) is 0 Å².